The summed E-state index contributed by atoms with van der Waals surface area (Å²) in [5.74, 6) is -0.506. The van der Waals surface area contributed by atoms with E-state index in [1.807, 2.05) is 36.4 Å². The summed E-state index contributed by atoms with van der Waals surface area (Å²) in [6, 6.07) is 11.6. The van der Waals surface area contributed by atoms with E-state index in [-0.39, 0.29) is 0 Å². The third-order valence-electron chi connectivity index (χ3n) is 2.59. The van der Waals surface area contributed by atoms with Crippen molar-refractivity contribution in [3.63, 3.8) is 0 Å². The molecule has 2 rings (SSSR count). The lowest BCUT2D eigenvalue weighted by Gasteiger charge is -2.04. The number of carbonyl (C=O) groups excluding carboxylic acids is 1. The Labute approximate surface area is 107 Å². The minimum absolute atomic E-state index is 0.506. The topological polar surface area (TPSA) is 53.5 Å². The van der Waals surface area contributed by atoms with Gasteiger partial charge in [0.2, 0.25) is 0 Å². The Balaban J connectivity index is 2.54. The number of carbonyl (C=O) groups is 1. The molecule has 0 spiro atoms. The van der Waals surface area contributed by atoms with Gasteiger partial charge in [0.1, 0.15) is 12.2 Å². The van der Waals surface area contributed by atoms with E-state index in [0.29, 0.717) is 0 Å². The third-order valence-corrected chi connectivity index (χ3v) is 3.08. The first-order chi connectivity index (χ1) is 8.24. The Morgan fingerprint density at radius 1 is 1.18 bits per heavy atom. The zero-order chi connectivity index (χ0) is 12.3. The summed E-state index contributed by atoms with van der Waals surface area (Å²) in [7, 11) is 0. The summed E-state index contributed by atoms with van der Waals surface area (Å²) in [5.41, 5.74) is 9.30. The van der Waals surface area contributed by atoms with Gasteiger partial charge < -0.3 is 10.3 Å². The van der Waals surface area contributed by atoms with Crippen LogP contribution >= 0.6 is 15.9 Å². The highest BCUT2D eigenvalue weighted by Crippen LogP contribution is 2.23. The molecule has 84 valence electrons. The molecule has 0 fully saturated rings. The molecule has 0 saturated heterocycles. The van der Waals surface area contributed by atoms with Crippen molar-refractivity contribution >= 4 is 39.2 Å². The largest absolute Gasteiger partial charge is 0.362 e. The molecule has 17 heavy (non-hydrogen) atoms. The fourth-order valence-electron chi connectivity index (χ4n) is 1.71. The summed E-state index contributed by atoms with van der Waals surface area (Å²) in [4.78, 5) is 13.8. The van der Waals surface area contributed by atoms with Crippen LogP contribution in [0.3, 0.4) is 0 Å². The molecule has 0 saturated carbocycles. The Bertz CT molecular complexity index is 618. The zero-order valence-electron chi connectivity index (χ0n) is 8.88. The van der Waals surface area contributed by atoms with E-state index in [0.717, 1.165) is 27.1 Å². The van der Waals surface area contributed by atoms with Gasteiger partial charge in [-0.05, 0) is 34.5 Å². The van der Waals surface area contributed by atoms with E-state index in [2.05, 4.69) is 20.7 Å². The molecule has 3 nitrogen and oxygen atoms in total. The highest BCUT2D eigenvalue weighted by atomic mass is 79.9. The van der Waals surface area contributed by atoms with Gasteiger partial charge in [0.25, 0.3) is 6.21 Å². The molecule has 1 unspecified atom stereocenters. The maximum absolute atomic E-state index is 10.9. The highest BCUT2D eigenvalue weighted by molar-refractivity contribution is 9.10. The first kappa shape index (κ1) is 11.7. The molecule has 2 aromatic carbocycles. The molecular formula is C13H9BrN2O. The SMILES string of the molecule is [N-]=[N+]=CC(C=O)c1ccc2cc(Br)ccc2c1. The maximum atomic E-state index is 10.9. The zero-order valence-corrected chi connectivity index (χ0v) is 10.5. The Morgan fingerprint density at radius 2 is 1.88 bits per heavy atom. The minimum atomic E-state index is -0.506. The predicted octanol–water partition coefficient (Wildman–Crippen LogP) is 3.19. The predicted molar refractivity (Wildman–Crippen MR) is 70.1 cm³/mol. The molecule has 1 atom stereocenters. The fraction of sp³-hybridized carbons (Fsp3) is 0.0769. The molecule has 0 bridgehead atoms. The van der Waals surface area contributed by atoms with Crippen molar-refractivity contribution in [1.82, 2.24) is 0 Å². The summed E-state index contributed by atoms with van der Waals surface area (Å²) in [6.07, 6.45) is 1.97. The number of benzene rings is 2. The van der Waals surface area contributed by atoms with Gasteiger partial charge in [-0.1, -0.05) is 34.1 Å². The molecule has 2 aromatic rings. The number of fused-ring (bicyclic) bond motifs is 1. The van der Waals surface area contributed by atoms with Crippen LogP contribution in [-0.2, 0) is 4.79 Å². The molecule has 0 aliphatic carbocycles. The van der Waals surface area contributed by atoms with E-state index in [1.165, 1.54) is 6.21 Å². The summed E-state index contributed by atoms with van der Waals surface area (Å²) in [6.45, 7) is 0. The molecule has 0 aromatic heterocycles. The van der Waals surface area contributed by atoms with Crippen LogP contribution in [0.4, 0.5) is 0 Å². The number of hydrogen-bond acceptors (Lipinski definition) is 1. The van der Waals surface area contributed by atoms with Gasteiger partial charge in [-0.3, -0.25) is 0 Å². The highest BCUT2D eigenvalue weighted by Gasteiger charge is 2.12. The normalized spacial score (nSPS) is 11.8. The van der Waals surface area contributed by atoms with Crippen LogP contribution in [0.15, 0.2) is 40.9 Å². The second-order valence-corrected chi connectivity index (χ2v) is 4.59. The van der Waals surface area contributed by atoms with Gasteiger partial charge in [-0.15, -0.1) is 0 Å². The van der Waals surface area contributed by atoms with Crippen molar-refractivity contribution in [2.45, 2.75) is 5.92 Å². The second kappa shape index (κ2) is 5.04. The number of aldehydes is 1. The van der Waals surface area contributed by atoms with Crippen LogP contribution in [0.5, 0.6) is 0 Å². The van der Waals surface area contributed by atoms with Crippen LogP contribution < -0.4 is 0 Å². The van der Waals surface area contributed by atoms with Gasteiger partial charge >= 0.3 is 0 Å². The van der Waals surface area contributed by atoms with Crippen molar-refractivity contribution in [1.29, 1.82) is 0 Å². The van der Waals surface area contributed by atoms with Gasteiger partial charge in [0, 0.05) is 4.47 Å². The summed E-state index contributed by atoms with van der Waals surface area (Å²) < 4.78 is 1.02. The lowest BCUT2D eigenvalue weighted by Crippen LogP contribution is -2.01. The number of hydrogen-bond donors (Lipinski definition) is 0. The van der Waals surface area contributed by atoms with Gasteiger partial charge in [-0.2, -0.15) is 4.79 Å². The average molecular weight is 289 g/mol. The second-order valence-electron chi connectivity index (χ2n) is 3.68. The Morgan fingerprint density at radius 3 is 2.59 bits per heavy atom. The Hall–Kier alpha value is -1.77. The molecular weight excluding hydrogens is 280 g/mol. The first-order valence-electron chi connectivity index (χ1n) is 5.06. The number of rotatable bonds is 3. The maximum Gasteiger partial charge on any atom is 0.271 e. The monoisotopic (exact) mass is 288 g/mol. The van der Waals surface area contributed by atoms with Crippen LogP contribution in [-0.4, -0.2) is 17.3 Å². The van der Waals surface area contributed by atoms with Crippen molar-refractivity contribution < 1.29 is 9.58 Å². The number of nitrogens with zero attached hydrogens (tertiary/aromatic N) is 2. The molecule has 0 amide bonds. The van der Waals surface area contributed by atoms with E-state index in [1.54, 1.807) is 0 Å². The summed E-state index contributed by atoms with van der Waals surface area (Å²) in [5, 5.41) is 2.14. The molecule has 0 aliphatic heterocycles. The van der Waals surface area contributed by atoms with Crippen LogP contribution in [0.2, 0.25) is 0 Å². The van der Waals surface area contributed by atoms with Crippen LogP contribution in [0, 0.1) is 0 Å². The van der Waals surface area contributed by atoms with Crippen molar-refractivity contribution in [2.24, 2.45) is 0 Å². The standard InChI is InChI=1S/C13H9BrN2O/c14-13-4-3-9-5-10(1-2-11(9)6-13)12(8-17)7-16-15/h1-8,12H. The fourth-order valence-corrected chi connectivity index (χ4v) is 2.09. The van der Waals surface area contributed by atoms with Crippen molar-refractivity contribution in [2.75, 3.05) is 0 Å². The van der Waals surface area contributed by atoms with Crippen LogP contribution in [0.1, 0.15) is 11.5 Å². The first-order valence-corrected chi connectivity index (χ1v) is 5.86. The molecule has 0 N–H and O–H groups in total. The van der Waals surface area contributed by atoms with Gasteiger partial charge in [0.05, 0.1) is 0 Å². The lowest BCUT2D eigenvalue weighted by atomic mass is 9.98. The quantitative estimate of drug-likeness (QED) is 0.370. The van der Waals surface area contributed by atoms with Crippen molar-refractivity contribution in [3.8, 4) is 0 Å². The average Bonchev–Trinajstić information content (AvgIpc) is 2.35. The van der Waals surface area contributed by atoms with Crippen molar-refractivity contribution in [3.05, 3.63) is 52.0 Å². The molecule has 4 heteroatoms. The van der Waals surface area contributed by atoms with Gasteiger partial charge in [0.15, 0.2) is 0 Å². The lowest BCUT2D eigenvalue weighted by molar-refractivity contribution is -0.108. The Kier molecular flexibility index (Phi) is 3.47. The van der Waals surface area contributed by atoms with E-state index in [9.17, 15) is 4.79 Å². The van der Waals surface area contributed by atoms with E-state index >= 15 is 0 Å². The third kappa shape index (κ3) is 2.49. The summed E-state index contributed by atoms with van der Waals surface area (Å²) >= 11 is 3.41. The number of halogens is 1. The van der Waals surface area contributed by atoms with Gasteiger partial charge in [-0.25, -0.2) is 0 Å². The molecule has 0 radical (unpaired) electrons. The minimum Gasteiger partial charge on any atom is -0.362 e. The van der Waals surface area contributed by atoms with E-state index < -0.39 is 5.92 Å². The molecule has 0 heterocycles. The smallest absolute Gasteiger partial charge is 0.271 e. The molecule has 0 aliphatic rings. The van der Waals surface area contributed by atoms with Crippen LogP contribution in [0.25, 0.3) is 16.3 Å². The van der Waals surface area contributed by atoms with E-state index in [4.69, 9.17) is 5.53 Å².